The first-order valence-corrected chi connectivity index (χ1v) is 17.5. The third-order valence-electron chi connectivity index (χ3n) is 9.48. The van der Waals surface area contributed by atoms with Crippen molar-refractivity contribution in [3.05, 3.63) is 170 Å². The van der Waals surface area contributed by atoms with E-state index in [2.05, 4.69) is 140 Å². The van der Waals surface area contributed by atoms with E-state index in [1.807, 2.05) is 41.7 Å². The number of rotatable bonds is 5. The Morgan fingerprint density at radius 3 is 1.86 bits per heavy atom. The van der Waals surface area contributed by atoms with Crippen LogP contribution in [0, 0.1) is 0 Å². The fraction of sp³-hybridized carbons (Fsp3) is 0. The average molecular weight is 657 g/mol. The second-order valence-electron chi connectivity index (χ2n) is 12.6. The van der Waals surface area contributed by atoms with Gasteiger partial charge >= 0.3 is 0 Å². The minimum Gasteiger partial charge on any atom is -0.455 e. The zero-order chi connectivity index (χ0) is 33.0. The standard InChI is InChI=1S/C46H28N2OS/c1-3-12-29(13-4-1)32-24-33(35-18-11-19-38-36-16-7-9-20-42(36)49-45(35)38)26-34(25-32)41-28-40(47-46(48-41)30-14-5-2-6-15-30)31-22-23-44-39(27-31)37-17-8-10-21-43(37)50-44/h1-28H. The van der Waals surface area contributed by atoms with Crippen LogP contribution in [0.3, 0.4) is 0 Å². The highest BCUT2D eigenvalue weighted by atomic mass is 32.1. The van der Waals surface area contributed by atoms with Gasteiger partial charge in [-0.15, -0.1) is 11.3 Å². The SMILES string of the molecule is c1ccc(-c2cc(-c3cc(-c4ccc5sc6ccccc6c5c4)nc(-c4ccccc4)n3)cc(-c3cccc4c3oc3ccccc34)c2)cc1. The molecule has 7 aromatic carbocycles. The van der Waals surface area contributed by atoms with Gasteiger partial charge in [0.2, 0.25) is 0 Å². The lowest BCUT2D eigenvalue weighted by Crippen LogP contribution is -1.96. The summed E-state index contributed by atoms with van der Waals surface area (Å²) in [6, 6.07) is 59.7. The van der Waals surface area contributed by atoms with Gasteiger partial charge in [-0.1, -0.05) is 121 Å². The summed E-state index contributed by atoms with van der Waals surface area (Å²) in [5.41, 5.74) is 10.9. The molecule has 0 saturated carbocycles. The number of benzene rings is 7. The zero-order valence-corrected chi connectivity index (χ0v) is 27.7. The highest BCUT2D eigenvalue weighted by Crippen LogP contribution is 2.41. The van der Waals surface area contributed by atoms with Crippen LogP contribution in [0.25, 0.3) is 98.3 Å². The molecule has 3 aromatic heterocycles. The van der Waals surface area contributed by atoms with Crippen molar-refractivity contribution < 1.29 is 4.42 Å². The number of aromatic nitrogens is 2. The fourth-order valence-corrected chi connectivity index (χ4v) is 8.13. The van der Waals surface area contributed by atoms with Crippen molar-refractivity contribution in [3.8, 4) is 56.2 Å². The van der Waals surface area contributed by atoms with E-state index in [1.54, 1.807) is 0 Å². The van der Waals surface area contributed by atoms with Crippen LogP contribution < -0.4 is 0 Å². The largest absolute Gasteiger partial charge is 0.455 e. The number of fused-ring (bicyclic) bond motifs is 6. The van der Waals surface area contributed by atoms with Gasteiger partial charge in [-0.2, -0.15) is 0 Å². The maximum absolute atomic E-state index is 6.52. The molecular weight excluding hydrogens is 629 g/mol. The van der Waals surface area contributed by atoms with Gasteiger partial charge in [-0.3, -0.25) is 0 Å². The van der Waals surface area contributed by atoms with E-state index in [1.165, 1.54) is 20.2 Å². The van der Waals surface area contributed by atoms with Crippen LogP contribution in [0.2, 0.25) is 0 Å². The van der Waals surface area contributed by atoms with Crippen LogP contribution in [0.5, 0.6) is 0 Å². The Morgan fingerprint density at radius 1 is 0.380 bits per heavy atom. The van der Waals surface area contributed by atoms with Gasteiger partial charge in [-0.05, 0) is 65.2 Å². The lowest BCUT2D eigenvalue weighted by Gasteiger charge is -2.13. The number of hydrogen-bond donors (Lipinski definition) is 0. The summed E-state index contributed by atoms with van der Waals surface area (Å²) >= 11 is 1.83. The molecule has 0 aliphatic rings. The number of thiophene rings is 1. The highest BCUT2D eigenvalue weighted by molar-refractivity contribution is 7.25. The van der Waals surface area contributed by atoms with Crippen molar-refractivity contribution in [1.29, 1.82) is 0 Å². The Balaban J connectivity index is 1.21. The molecule has 10 aromatic rings. The molecule has 0 bridgehead atoms. The van der Waals surface area contributed by atoms with E-state index in [-0.39, 0.29) is 0 Å². The van der Waals surface area contributed by atoms with E-state index in [0.717, 1.165) is 72.3 Å². The van der Waals surface area contributed by atoms with Crippen LogP contribution in [-0.2, 0) is 0 Å². The second kappa shape index (κ2) is 11.7. The van der Waals surface area contributed by atoms with Crippen molar-refractivity contribution in [3.63, 3.8) is 0 Å². The van der Waals surface area contributed by atoms with E-state index < -0.39 is 0 Å². The molecule has 0 saturated heterocycles. The molecule has 0 fully saturated rings. The summed E-state index contributed by atoms with van der Waals surface area (Å²) in [4.78, 5) is 10.4. The predicted octanol–water partition coefficient (Wildman–Crippen LogP) is 13.1. The summed E-state index contributed by atoms with van der Waals surface area (Å²) in [6.45, 7) is 0. The Kier molecular flexibility index (Phi) is 6.68. The monoisotopic (exact) mass is 656 g/mol. The zero-order valence-electron chi connectivity index (χ0n) is 26.9. The average Bonchev–Trinajstić information content (AvgIpc) is 3.76. The van der Waals surface area contributed by atoms with E-state index in [0.29, 0.717) is 5.82 Å². The van der Waals surface area contributed by atoms with Crippen LogP contribution in [0.4, 0.5) is 0 Å². The van der Waals surface area contributed by atoms with E-state index >= 15 is 0 Å². The highest BCUT2D eigenvalue weighted by Gasteiger charge is 2.17. The van der Waals surface area contributed by atoms with Crippen LogP contribution in [0.1, 0.15) is 0 Å². The van der Waals surface area contributed by atoms with Crippen molar-refractivity contribution in [2.45, 2.75) is 0 Å². The fourth-order valence-electron chi connectivity index (χ4n) is 7.05. The van der Waals surface area contributed by atoms with Gasteiger partial charge in [0.25, 0.3) is 0 Å². The Hall–Kier alpha value is -6.36. The van der Waals surface area contributed by atoms with Gasteiger partial charge in [0.05, 0.1) is 11.4 Å². The molecule has 0 unspecified atom stereocenters. The number of para-hydroxylation sites is 2. The third-order valence-corrected chi connectivity index (χ3v) is 10.6. The van der Waals surface area contributed by atoms with Crippen LogP contribution >= 0.6 is 11.3 Å². The second-order valence-corrected chi connectivity index (χ2v) is 13.7. The third kappa shape index (κ3) is 4.89. The van der Waals surface area contributed by atoms with Crippen LogP contribution in [0.15, 0.2) is 174 Å². The predicted molar refractivity (Wildman–Crippen MR) is 209 cm³/mol. The van der Waals surface area contributed by atoms with Gasteiger partial charge < -0.3 is 4.42 Å². The molecule has 4 heteroatoms. The maximum Gasteiger partial charge on any atom is 0.160 e. The Labute approximate surface area is 292 Å². The van der Waals surface area contributed by atoms with Crippen LogP contribution in [-0.4, -0.2) is 9.97 Å². The lowest BCUT2D eigenvalue weighted by molar-refractivity contribution is 0.670. The van der Waals surface area contributed by atoms with Gasteiger partial charge in [-0.25, -0.2) is 9.97 Å². The normalized spacial score (nSPS) is 11.6. The van der Waals surface area contributed by atoms with Crippen molar-refractivity contribution in [1.82, 2.24) is 9.97 Å². The summed E-state index contributed by atoms with van der Waals surface area (Å²) in [5.74, 6) is 0.694. The molecule has 0 N–H and O–H groups in total. The summed E-state index contributed by atoms with van der Waals surface area (Å²) in [7, 11) is 0. The first-order chi connectivity index (χ1) is 24.7. The van der Waals surface area contributed by atoms with Gasteiger partial charge in [0.15, 0.2) is 5.82 Å². The molecule has 0 aliphatic heterocycles. The van der Waals surface area contributed by atoms with Gasteiger partial charge in [0.1, 0.15) is 11.2 Å². The molecule has 234 valence electrons. The van der Waals surface area contributed by atoms with Crippen molar-refractivity contribution >= 4 is 53.4 Å². The van der Waals surface area contributed by atoms with Gasteiger partial charge in [0, 0.05) is 53.2 Å². The lowest BCUT2D eigenvalue weighted by atomic mass is 9.93. The quantitative estimate of drug-likeness (QED) is 0.185. The molecule has 3 heterocycles. The Morgan fingerprint density at radius 2 is 1.02 bits per heavy atom. The molecule has 0 aliphatic carbocycles. The van der Waals surface area contributed by atoms with E-state index in [9.17, 15) is 0 Å². The first kappa shape index (κ1) is 28.6. The first-order valence-electron chi connectivity index (χ1n) is 16.7. The molecule has 50 heavy (non-hydrogen) atoms. The summed E-state index contributed by atoms with van der Waals surface area (Å²) in [5, 5.41) is 4.74. The molecular formula is C46H28N2OS. The topological polar surface area (TPSA) is 38.9 Å². The van der Waals surface area contributed by atoms with Crippen molar-refractivity contribution in [2.75, 3.05) is 0 Å². The Bertz CT molecular complexity index is 2870. The molecule has 0 spiro atoms. The smallest absolute Gasteiger partial charge is 0.160 e. The summed E-state index contributed by atoms with van der Waals surface area (Å²) in [6.07, 6.45) is 0. The molecule has 0 amide bonds. The molecule has 10 rings (SSSR count). The van der Waals surface area contributed by atoms with Crippen molar-refractivity contribution in [2.24, 2.45) is 0 Å². The molecule has 0 radical (unpaired) electrons. The summed E-state index contributed by atoms with van der Waals surface area (Å²) < 4.78 is 9.08. The minimum absolute atomic E-state index is 0.694. The number of furan rings is 1. The molecule has 3 nitrogen and oxygen atoms in total. The number of hydrogen-bond acceptors (Lipinski definition) is 4. The maximum atomic E-state index is 6.52. The molecule has 0 atom stereocenters. The van der Waals surface area contributed by atoms with E-state index in [4.69, 9.17) is 14.4 Å². The minimum atomic E-state index is 0.694. The number of nitrogens with zero attached hydrogens (tertiary/aromatic N) is 2.